The largest absolute Gasteiger partial charge is 0.373 e. The smallest absolute Gasteiger partial charge is 0.259 e. The summed E-state index contributed by atoms with van der Waals surface area (Å²) in [6.45, 7) is 2.20. The summed E-state index contributed by atoms with van der Waals surface area (Å²) in [5, 5.41) is 12.3. The van der Waals surface area contributed by atoms with Crippen molar-refractivity contribution in [2.45, 2.75) is 38.2 Å². The number of Topliss-reactive ketones (excluding diaryl/α,β-unsaturated/α-hetero) is 1. The van der Waals surface area contributed by atoms with Gasteiger partial charge < -0.3 is 10.4 Å². The Hall–Kier alpha value is -0.900. The molecule has 0 radical (unpaired) electrons. The molecule has 13 heavy (non-hydrogen) atoms. The van der Waals surface area contributed by atoms with Crippen LogP contribution in [0, 0.1) is 0 Å². The van der Waals surface area contributed by atoms with Gasteiger partial charge in [-0.3, -0.25) is 9.59 Å². The van der Waals surface area contributed by atoms with E-state index in [1.165, 1.54) is 0 Å². The first-order chi connectivity index (χ1) is 6.11. The Labute approximate surface area is 77.3 Å². The molecule has 0 aromatic carbocycles. The lowest BCUT2D eigenvalue weighted by molar-refractivity contribution is -0.155. The van der Waals surface area contributed by atoms with Gasteiger partial charge in [-0.25, -0.2) is 0 Å². The van der Waals surface area contributed by atoms with Gasteiger partial charge >= 0.3 is 0 Å². The first kappa shape index (κ1) is 10.2. The quantitative estimate of drug-likeness (QED) is 0.595. The van der Waals surface area contributed by atoms with Crippen molar-refractivity contribution in [1.82, 2.24) is 5.32 Å². The van der Waals surface area contributed by atoms with Crippen LogP contribution in [0.1, 0.15) is 32.6 Å². The number of rotatable bonds is 2. The van der Waals surface area contributed by atoms with Gasteiger partial charge in [-0.2, -0.15) is 0 Å². The summed E-state index contributed by atoms with van der Waals surface area (Å²) < 4.78 is 0. The van der Waals surface area contributed by atoms with Crippen molar-refractivity contribution in [3.63, 3.8) is 0 Å². The molecule has 2 N–H and O–H groups in total. The highest BCUT2D eigenvalue weighted by Gasteiger charge is 2.44. The molecular formula is C9H15NO3. The summed E-state index contributed by atoms with van der Waals surface area (Å²) in [5.74, 6) is -0.885. The Balaban J connectivity index is 2.71. The van der Waals surface area contributed by atoms with Gasteiger partial charge in [-0.1, -0.05) is 0 Å². The van der Waals surface area contributed by atoms with Crippen LogP contribution in [0.4, 0.5) is 0 Å². The van der Waals surface area contributed by atoms with Crippen molar-refractivity contribution in [2.75, 3.05) is 6.54 Å². The molecule has 0 aliphatic heterocycles. The molecule has 0 bridgehead atoms. The lowest BCUT2D eigenvalue weighted by atomic mass is 9.83. The summed E-state index contributed by atoms with van der Waals surface area (Å²) in [6, 6.07) is 0. The van der Waals surface area contributed by atoms with Gasteiger partial charge in [0.15, 0.2) is 5.78 Å². The van der Waals surface area contributed by atoms with E-state index in [1.807, 2.05) is 0 Å². The van der Waals surface area contributed by atoms with E-state index in [0.29, 0.717) is 13.0 Å². The maximum atomic E-state index is 11.3. The normalized spacial score (nSPS) is 28.6. The van der Waals surface area contributed by atoms with E-state index in [0.717, 1.165) is 12.8 Å². The molecule has 1 amide bonds. The molecule has 1 fully saturated rings. The highest BCUT2D eigenvalue weighted by Crippen LogP contribution is 2.24. The van der Waals surface area contributed by atoms with Crippen molar-refractivity contribution in [3.8, 4) is 0 Å². The summed E-state index contributed by atoms with van der Waals surface area (Å²) in [6.07, 6.45) is 2.09. The van der Waals surface area contributed by atoms with E-state index in [2.05, 4.69) is 5.32 Å². The van der Waals surface area contributed by atoms with Crippen molar-refractivity contribution in [1.29, 1.82) is 0 Å². The first-order valence-corrected chi connectivity index (χ1v) is 4.65. The molecule has 0 heterocycles. The van der Waals surface area contributed by atoms with Crippen LogP contribution in [0.2, 0.25) is 0 Å². The zero-order chi connectivity index (χ0) is 9.90. The zero-order valence-electron chi connectivity index (χ0n) is 7.80. The SMILES string of the molecule is CCNC(=O)C1(O)CCCCC1=O. The fraction of sp³-hybridized carbons (Fsp3) is 0.778. The van der Waals surface area contributed by atoms with Crippen LogP contribution in [0.5, 0.6) is 0 Å². The monoisotopic (exact) mass is 185 g/mol. The molecule has 1 atom stereocenters. The molecule has 1 aliphatic carbocycles. The van der Waals surface area contributed by atoms with Gasteiger partial charge in [0.1, 0.15) is 0 Å². The molecule has 1 rings (SSSR count). The Morgan fingerprint density at radius 2 is 2.31 bits per heavy atom. The van der Waals surface area contributed by atoms with Crippen molar-refractivity contribution >= 4 is 11.7 Å². The van der Waals surface area contributed by atoms with E-state index < -0.39 is 11.5 Å². The maximum Gasteiger partial charge on any atom is 0.259 e. The highest BCUT2D eigenvalue weighted by molar-refractivity contribution is 6.09. The van der Waals surface area contributed by atoms with Gasteiger partial charge in [-0.15, -0.1) is 0 Å². The zero-order valence-corrected chi connectivity index (χ0v) is 7.80. The van der Waals surface area contributed by atoms with E-state index in [-0.39, 0.29) is 12.2 Å². The van der Waals surface area contributed by atoms with Gasteiger partial charge in [0.05, 0.1) is 0 Å². The second-order valence-electron chi connectivity index (χ2n) is 3.35. The van der Waals surface area contributed by atoms with Crippen LogP contribution >= 0.6 is 0 Å². The van der Waals surface area contributed by atoms with Crippen molar-refractivity contribution in [2.24, 2.45) is 0 Å². The van der Waals surface area contributed by atoms with Gasteiger partial charge in [0.25, 0.3) is 5.91 Å². The summed E-state index contributed by atoms with van der Waals surface area (Å²) >= 11 is 0. The minimum Gasteiger partial charge on any atom is -0.373 e. The van der Waals surface area contributed by atoms with E-state index in [1.54, 1.807) is 6.92 Å². The summed E-state index contributed by atoms with van der Waals surface area (Å²) in [4.78, 5) is 22.7. The van der Waals surface area contributed by atoms with Crippen LogP contribution in [0.15, 0.2) is 0 Å². The lowest BCUT2D eigenvalue weighted by Gasteiger charge is -2.28. The molecule has 0 spiro atoms. The molecule has 0 saturated heterocycles. The molecule has 4 heteroatoms. The number of aliphatic hydroxyl groups is 1. The summed E-state index contributed by atoms with van der Waals surface area (Å²) in [7, 11) is 0. The Morgan fingerprint density at radius 1 is 1.62 bits per heavy atom. The average molecular weight is 185 g/mol. The second kappa shape index (κ2) is 3.87. The lowest BCUT2D eigenvalue weighted by Crippen LogP contribution is -2.54. The summed E-state index contributed by atoms with van der Waals surface area (Å²) in [5.41, 5.74) is -1.74. The molecular weight excluding hydrogens is 170 g/mol. The molecule has 74 valence electrons. The molecule has 0 aromatic rings. The van der Waals surface area contributed by atoms with Crippen LogP contribution in [0.3, 0.4) is 0 Å². The van der Waals surface area contributed by atoms with Crippen molar-refractivity contribution in [3.05, 3.63) is 0 Å². The van der Waals surface area contributed by atoms with Gasteiger partial charge in [0.2, 0.25) is 5.60 Å². The number of hydrogen-bond donors (Lipinski definition) is 2. The van der Waals surface area contributed by atoms with Gasteiger partial charge in [0, 0.05) is 13.0 Å². The number of likely N-dealkylation sites (N-methyl/N-ethyl adjacent to an activating group) is 1. The third-order valence-corrected chi connectivity index (χ3v) is 2.37. The molecule has 0 aromatic heterocycles. The highest BCUT2D eigenvalue weighted by atomic mass is 16.3. The van der Waals surface area contributed by atoms with Crippen molar-refractivity contribution < 1.29 is 14.7 Å². The van der Waals surface area contributed by atoms with Crippen LogP contribution < -0.4 is 5.32 Å². The third kappa shape index (κ3) is 1.88. The predicted molar refractivity (Wildman–Crippen MR) is 47.1 cm³/mol. The van der Waals surface area contributed by atoms with Crippen LogP contribution in [-0.2, 0) is 9.59 Å². The average Bonchev–Trinajstić information content (AvgIpc) is 2.11. The number of carbonyl (C=O) groups is 2. The molecule has 1 saturated carbocycles. The molecule has 1 aliphatic rings. The number of hydrogen-bond acceptors (Lipinski definition) is 3. The Bertz CT molecular complexity index is 227. The van der Waals surface area contributed by atoms with E-state index >= 15 is 0 Å². The predicted octanol–water partition coefficient (Wildman–Crippen LogP) is -0.00330. The standard InChI is InChI=1S/C9H15NO3/c1-2-10-8(12)9(13)6-4-3-5-7(9)11/h13H,2-6H2,1H3,(H,10,12). The van der Waals surface area contributed by atoms with E-state index in [9.17, 15) is 14.7 Å². The number of nitrogens with one attached hydrogen (secondary N) is 1. The topological polar surface area (TPSA) is 66.4 Å². The van der Waals surface area contributed by atoms with Gasteiger partial charge in [-0.05, 0) is 26.2 Å². The Kier molecular flexibility index (Phi) is 3.03. The van der Waals surface area contributed by atoms with Crippen LogP contribution in [0.25, 0.3) is 0 Å². The minimum atomic E-state index is -1.74. The first-order valence-electron chi connectivity index (χ1n) is 4.65. The fourth-order valence-corrected chi connectivity index (χ4v) is 1.56. The molecule has 1 unspecified atom stereocenters. The van der Waals surface area contributed by atoms with E-state index in [4.69, 9.17) is 0 Å². The number of carbonyl (C=O) groups excluding carboxylic acids is 2. The number of amides is 1. The molecule has 4 nitrogen and oxygen atoms in total. The Morgan fingerprint density at radius 3 is 2.85 bits per heavy atom. The minimum absolute atomic E-state index is 0.262. The number of ketones is 1. The maximum absolute atomic E-state index is 11.3. The fourth-order valence-electron chi connectivity index (χ4n) is 1.56. The second-order valence-corrected chi connectivity index (χ2v) is 3.35. The van der Waals surface area contributed by atoms with Crippen LogP contribution in [-0.4, -0.2) is 28.9 Å². The third-order valence-electron chi connectivity index (χ3n) is 2.37.